The monoisotopic (exact) mass is 1180 g/mol. The van der Waals surface area contributed by atoms with E-state index in [9.17, 15) is 15.5 Å². The Morgan fingerprint density at radius 1 is 0.291 bits per heavy atom. The molecule has 2 heterocycles. The zero-order valence-corrected chi connectivity index (χ0v) is 46.7. The van der Waals surface area contributed by atoms with Gasteiger partial charge in [0.1, 0.15) is 22.3 Å². The fourth-order valence-corrected chi connectivity index (χ4v) is 13.1. The van der Waals surface area contributed by atoms with Crippen molar-refractivity contribution in [1.29, 1.82) is 0 Å². The number of benzene rings is 16. The van der Waals surface area contributed by atoms with Gasteiger partial charge in [0.2, 0.25) is 0 Å². The summed E-state index contributed by atoms with van der Waals surface area (Å²) < 4.78 is 154. The van der Waals surface area contributed by atoms with E-state index >= 15 is 0 Å². The molecule has 0 saturated carbocycles. The van der Waals surface area contributed by atoms with Crippen LogP contribution in [0, 0.1) is 0 Å². The summed E-state index contributed by atoms with van der Waals surface area (Å²) in [7, 11) is -1.44. The van der Waals surface area contributed by atoms with Gasteiger partial charge in [0.15, 0.2) is 0 Å². The highest BCUT2D eigenvalue weighted by atomic mass is 79.9. The summed E-state index contributed by atoms with van der Waals surface area (Å²) in [4.78, 5) is 0. The summed E-state index contributed by atoms with van der Waals surface area (Å²) >= 11 is 3.44. The second-order valence-electron chi connectivity index (χ2n) is 20.8. The lowest BCUT2D eigenvalue weighted by Gasteiger charge is -2.19. The standard InChI is InChI=1S/C40H24O.C26H15BrO.C14H11BO2/c1-2-13-26-25(12-1)24-36(28-15-4-3-14-27(26)28)39-32-19-7-5-17-30(32)38(31-18-6-8-20-33(31)39)35-22-11-21-34-29-16-9-10-23-37(29)41-40(34)35;27-25-19-11-3-1-9-17(19)24(18-10-2-4-12-20(18)25)22-14-7-13-21-16-8-5-6-15-23(16)28-26(21)22;16-15(17)14-9-10-5-1-2-6-11(10)12-7-3-4-8-13(12)14/h1-24H;1-15H;1-9,16-17H/i5D,6D,7D,8D,17D,18D,19D,20D;1D,2D,3D,4D,9D,10D,11D,12D;. The van der Waals surface area contributed by atoms with Gasteiger partial charge in [-0.3, -0.25) is 0 Å². The molecule has 0 radical (unpaired) electrons. The van der Waals surface area contributed by atoms with Crippen molar-refractivity contribution >= 4 is 159 Å². The van der Waals surface area contributed by atoms with Crippen molar-refractivity contribution in [3.63, 3.8) is 0 Å². The number of rotatable bonds is 4. The average Bonchev–Trinajstić information content (AvgIpc) is 0.907. The number of hydrogen-bond acceptors (Lipinski definition) is 4. The molecule has 6 heteroatoms. The van der Waals surface area contributed by atoms with Gasteiger partial charge in [-0.1, -0.05) is 273 Å². The first-order valence-corrected chi connectivity index (χ1v) is 28.5. The van der Waals surface area contributed by atoms with E-state index < -0.39 is 55.5 Å². The molecule has 0 bridgehead atoms. The van der Waals surface area contributed by atoms with Crippen LogP contribution >= 0.6 is 15.9 Å². The van der Waals surface area contributed by atoms with Crippen LogP contribution in [0.25, 0.3) is 163 Å². The molecule has 0 aliphatic rings. The Morgan fingerprint density at radius 2 is 0.616 bits per heavy atom. The minimum absolute atomic E-state index is 0.140. The second kappa shape index (κ2) is 21.1. The van der Waals surface area contributed by atoms with E-state index in [1.54, 1.807) is 18.2 Å². The van der Waals surface area contributed by atoms with Crippen molar-refractivity contribution in [1.82, 2.24) is 0 Å². The predicted octanol–water partition coefficient (Wildman–Crippen LogP) is 21.5. The molecule has 0 fully saturated rings. The van der Waals surface area contributed by atoms with Crippen LogP contribution in [0.15, 0.2) is 304 Å². The molecule has 0 spiro atoms. The summed E-state index contributed by atoms with van der Waals surface area (Å²) in [5.41, 5.74) is 5.14. The maximum Gasteiger partial charge on any atom is 0.489 e. The molecule has 86 heavy (non-hydrogen) atoms. The molecular formula is C80H50BBrO4. The first-order chi connectivity index (χ1) is 49.1. The van der Waals surface area contributed by atoms with Crippen molar-refractivity contribution in [3.05, 3.63) is 295 Å². The summed E-state index contributed by atoms with van der Waals surface area (Å²) in [5.74, 6) is 0. The molecule has 0 aliphatic carbocycles. The quantitative estimate of drug-likeness (QED) is 0.105. The number of para-hydroxylation sites is 4. The Morgan fingerprint density at radius 3 is 1.07 bits per heavy atom. The van der Waals surface area contributed by atoms with E-state index in [0.717, 1.165) is 64.6 Å². The predicted molar refractivity (Wildman–Crippen MR) is 368 cm³/mol. The molecule has 0 atom stereocenters. The van der Waals surface area contributed by atoms with Gasteiger partial charge in [-0.05, 0) is 137 Å². The first-order valence-electron chi connectivity index (χ1n) is 35.7. The van der Waals surface area contributed by atoms with Gasteiger partial charge in [0, 0.05) is 48.3 Å². The van der Waals surface area contributed by atoms with E-state index in [1.165, 1.54) is 0 Å². The zero-order chi connectivity index (χ0) is 71.3. The molecule has 18 aromatic rings. The molecule has 18 rings (SSSR count). The molecule has 16 aromatic carbocycles. The Kier molecular flexibility index (Phi) is 9.08. The summed E-state index contributed by atoms with van der Waals surface area (Å²) in [5, 5.41) is 31.1. The number of halogens is 1. The largest absolute Gasteiger partial charge is 0.489 e. The van der Waals surface area contributed by atoms with Crippen LogP contribution in [0.5, 0.6) is 0 Å². The fourth-order valence-electron chi connectivity index (χ4n) is 12.5. The highest BCUT2D eigenvalue weighted by Crippen LogP contribution is 2.49. The average molecular weight is 1180 g/mol. The van der Waals surface area contributed by atoms with Crippen molar-refractivity contribution in [2.24, 2.45) is 0 Å². The maximum atomic E-state index is 9.44. The molecule has 0 unspecified atom stereocenters. The van der Waals surface area contributed by atoms with Crippen LogP contribution in [0.3, 0.4) is 0 Å². The van der Waals surface area contributed by atoms with E-state index in [1.807, 2.05) is 176 Å². The smallest absolute Gasteiger partial charge is 0.455 e. The lowest BCUT2D eigenvalue weighted by atomic mass is 9.76. The Labute approximate surface area is 525 Å². The van der Waals surface area contributed by atoms with Crippen molar-refractivity contribution in [2.45, 2.75) is 0 Å². The summed E-state index contributed by atoms with van der Waals surface area (Å²) in [6, 6.07) is 55.3. The number of fused-ring (bicyclic) bond motifs is 16. The second-order valence-corrected chi connectivity index (χ2v) is 21.6. The van der Waals surface area contributed by atoms with Crippen LogP contribution in [0.1, 0.15) is 21.9 Å². The van der Waals surface area contributed by atoms with Crippen molar-refractivity contribution in [3.8, 4) is 33.4 Å². The van der Waals surface area contributed by atoms with Crippen LogP contribution in [0.2, 0.25) is 0 Å². The highest BCUT2D eigenvalue weighted by Gasteiger charge is 2.23. The van der Waals surface area contributed by atoms with Crippen LogP contribution in [-0.2, 0) is 0 Å². The third kappa shape index (κ3) is 8.36. The fraction of sp³-hybridized carbons (Fsp3) is 0. The minimum Gasteiger partial charge on any atom is -0.455 e. The molecule has 2 aromatic heterocycles. The molecular weight excluding hydrogens is 1120 g/mol. The molecule has 2 N–H and O–H groups in total. The number of hydrogen-bond donors (Lipinski definition) is 2. The first kappa shape index (κ1) is 37.1. The SMILES string of the molecule is OB(O)c1cc2ccccc2c2ccccc12.[2H]c1c([2H])c([2H])c2c(-c3cccc4c3oc3ccccc34)c3c([2H])c([2H])c([2H])c([2H])c3c(-c3cc4ccccc4c4ccccc34)c2c1[2H].[2H]c1c([2H])c([2H])c2c(-c3cccc4c3oc3ccccc34)c3c([2H])c([2H])c([2H])c([2H])c3c(Br)c2c1[2H]. The lowest BCUT2D eigenvalue weighted by molar-refractivity contribution is 0.426. The minimum atomic E-state index is -1.44. The van der Waals surface area contributed by atoms with Crippen LogP contribution < -0.4 is 5.46 Å². The molecule has 0 amide bonds. The maximum absolute atomic E-state index is 9.44. The lowest BCUT2D eigenvalue weighted by Crippen LogP contribution is -2.30. The zero-order valence-electron chi connectivity index (χ0n) is 61.1. The van der Waals surface area contributed by atoms with Crippen molar-refractivity contribution < 1.29 is 40.8 Å². The van der Waals surface area contributed by atoms with E-state index in [0.29, 0.717) is 50.0 Å². The molecule has 404 valence electrons. The Bertz CT molecular complexity index is 6570. The van der Waals surface area contributed by atoms with E-state index in [4.69, 9.17) is 25.3 Å². The van der Waals surface area contributed by atoms with Gasteiger partial charge in [0.05, 0.1) is 21.9 Å². The highest BCUT2D eigenvalue weighted by molar-refractivity contribution is 9.10. The van der Waals surface area contributed by atoms with Gasteiger partial charge in [-0.15, -0.1) is 0 Å². The van der Waals surface area contributed by atoms with Crippen molar-refractivity contribution in [2.75, 3.05) is 0 Å². The van der Waals surface area contributed by atoms with Crippen LogP contribution in [-0.4, -0.2) is 17.2 Å². The molecule has 4 nitrogen and oxygen atoms in total. The normalized spacial score (nSPS) is 14.3. The van der Waals surface area contributed by atoms with Gasteiger partial charge < -0.3 is 18.9 Å². The third-order valence-electron chi connectivity index (χ3n) is 16.2. The third-order valence-corrected chi connectivity index (χ3v) is 16.9. The topological polar surface area (TPSA) is 66.7 Å². The van der Waals surface area contributed by atoms with E-state index in [-0.39, 0.29) is 107 Å². The Hall–Kier alpha value is -10.3. The van der Waals surface area contributed by atoms with Crippen LogP contribution in [0.4, 0.5) is 0 Å². The molecule has 0 saturated heterocycles. The summed E-state index contributed by atoms with van der Waals surface area (Å²) in [6.07, 6.45) is 0. The van der Waals surface area contributed by atoms with Gasteiger partial charge in [-0.25, -0.2) is 0 Å². The number of furan rings is 2. The molecule has 0 aliphatic heterocycles. The van der Waals surface area contributed by atoms with E-state index in [2.05, 4.69) is 15.9 Å². The van der Waals surface area contributed by atoms with Gasteiger partial charge >= 0.3 is 7.12 Å². The van der Waals surface area contributed by atoms with Gasteiger partial charge in [0.25, 0.3) is 0 Å². The summed E-state index contributed by atoms with van der Waals surface area (Å²) in [6.45, 7) is 0. The van der Waals surface area contributed by atoms with Gasteiger partial charge in [-0.2, -0.15) is 0 Å². The Balaban J connectivity index is 0.000000132.